The van der Waals surface area contributed by atoms with Gasteiger partial charge in [0.2, 0.25) is 0 Å². The van der Waals surface area contributed by atoms with E-state index in [2.05, 4.69) is 20.5 Å². The molecule has 11 heteroatoms. The monoisotopic (exact) mass is 488 g/mol. The van der Waals surface area contributed by atoms with Crippen LogP contribution in [0.15, 0.2) is 60.9 Å². The Kier molecular flexibility index (Phi) is 6.03. The summed E-state index contributed by atoms with van der Waals surface area (Å²) in [6.07, 6.45) is 3.22. The zero-order valence-corrected chi connectivity index (χ0v) is 19.4. The van der Waals surface area contributed by atoms with Crippen molar-refractivity contribution < 1.29 is 23.5 Å². The van der Waals surface area contributed by atoms with E-state index in [1.54, 1.807) is 60.3 Å². The number of methoxy groups -OCH3 is 1. The molecule has 1 amide bonds. The lowest BCUT2D eigenvalue weighted by atomic mass is 10.1. The summed E-state index contributed by atoms with van der Waals surface area (Å²) in [6, 6.07) is 13.3. The summed E-state index contributed by atoms with van der Waals surface area (Å²) >= 11 is 0. The van der Waals surface area contributed by atoms with E-state index in [-0.39, 0.29) is 24.7 Å². The van der Waals surface area contributed by atoms with E-state index in [0.717, 1.165) is 0 Å². The van der Waals surface area contributed by atoms with Crippen LogP contribution in [0.25, 0.3) is 27.8 Å². The number of halogens is 1. The molecule has 0 unspecified atom stereocenters. The third-order valence-corrected chi connectivity index (χ3v) is 5.54. The number of carbonyl (C=O) groups is 2. The zero-order valence-electron chi connectivity index (χ0n) is 19.4. The van der Waals surface area contributed by atoms with Gasteiger partial charge in [-0.05, 0) is 24.3 Å². The summed E-state index contributed by atoms with van der Waals surface area (Å²) in [6.45, 7) is 1.48. The quantitative estimate of drug-likeness (QED) is 0.348. The highest BCUT2D eigenvalue weighted by atomic mass is 19.1. The maximum absolute atomic E-state index is 15.5. The number of esters is 1. The van der Waals surface area contributed by atoms with Crippen LogP contribution in [0.4, 0.5) is 10.2 Å². The van der Waals surface area contributed by atoms with Crippen molar-refractivity contribution >= 4 is 34.2 Å². The van der Waals surface area contributed by atoms with Crippen LogP contribution in [0.1, 0.15) is 17.3 Å². The molecule has 0 bridgehead atoms. The number of carbonyl (C=O) groups excluding carboxylic acids is 2. The topological polar surface area (TPSA) is 113 Å². The van der Waals surface area contributed by atoms with Gasteiger partial charge in [0.25, 0.3) is 5.91 Å². The number of aromatic nitrogens is 5. The molecule has 0 fully saturated rings. The summed E-state index contributed by atoms with van der Waals surface area (Å²) in [5.74, 6) is -0.732. The standard InChI is InChI=1S/C25H21FN6O4/c1-15(33)36-11-10-32-24-18(23(30-32)29-25(34)16-6-4-3-5-7-16)13-20(26)22(28-24)19-14-27-31-9-8-17(35-2)12-21(19)31/h3-9,12-14H,10-11H2,1-2H3,(H,29,30,34). The number of hydrogen-bond donors (Lipinski definition) is 1. The summed E-state index contributed by atoms with van der Waals surface area (Å²) < 4.78 is 28.8. The first-order valence-electron chi connectivity index (χ1n) is 11.0. The van der Waals surface area contributed by atoms with Gasteiger partial charge in [-0.25, -0.2) is 18.6 Å². The lowest BCUT2D eigenvalue weighted by Crippen LogP contribution is -2.13. The van der Waals surface area contributed by atoms with Crippen molar-refractivity contribution in [2.75, 3.05) is 19.0 Å². The Morgan fingerprint density at radius 1 is 1.14 bits per heavy atom. The van der Waals surface area contributed by atoms with Crippen LogP contribution >= 0.6 is 0 Å². The van der Waals surface area contributed by atoms with Crippen LogP contribution in [0.3, 0.4) is 0 Å². The molecule has 0 aliphatic rings. The van der Waals surface area contributed by atoms with Crippen molar-refractivity contribution in [2.24, 2.45) is 0 Å². The van der Waals surface area contributed by atoms with Crippen LogP contribution in [0.5, 0.6) is 5.75 Å². The van der Waals surface area contributed by atoms with Gasteiger partial charge in [-0.15, -0.1) is 0 Å². The van der Waals surface area contributed by atoms with Gasteiger partial charge in [0.15, 0.2) is 17.3 Å². The summed E-state index contributed by atoms with van der Waals surface area (Å²) in [5, 5.41) is 11.7. The molecule has 4 heterocycles. The molecule has 36 heavy (non-hydrogen) atoms. The number of ether oxygens (including phenoxy) is 2. The Morgan fingerprint density at radius 2 is 1.94 bits per heavy atom. The van der Waals surface area contributed by atoms with E-state index in [0.29, 0.717) is 33.4 Å². The molecule has 0 radical (unpaired) electrons. The average Bonchev–Trinajstić information content (AvgIpc) is 3.44. The van der Waals surface area contributed by atoms with Crippen molar-refractivity contribution in [3.63, 3.8) is 0 Å². The fourth-order valence-electron chi connectivity index (χ4n) is 3.83. The van der Waals surface area contributed by atoms with Gasteiger partial charge in [0.05, 0.1) is 30.8 Å². The minimum Gasteiger partial charge on any atom is -0.497 e. The molecular weight excluding hydrogens is 467 g/mol. The molecule has 1 N–H and O–H groups in total. The zero-order chi connectivity index (χ0) is 25.2. The molecule has 1 aromatic carbocycles. The average molecular weight is 488 g/mol. The smallest absolute Gasteiger partial charge is 0.302 e. The van der Waals surface area contributed by atoms with Crippen molar-refractivity contribution in [3.05, 3.63) is 72.3 Å². The molecule has 0 saturated heterocycles. The number of rotatable bonds is 7. The molecule has 0 atom stereocenters. The van der Waals surface area contributed by atoms with Crippen molar-refractivity contribution in [1.82, 2.24) is 24.4 Å². The molecule has 4 aromatic heterocycles. The molecular formula is C25H21FN6O4. The van der Waals surface area contributed by atoms with Crippen LogP contribution < -0.4 is 10.1 Å². The lowest BCUT2D eigenvalue weighted by Gasteiger charge is -2.06. The Balaban J connectivity index is 1.61. The van der Waals surface area contributed by atoms with Gasteiger partial charge in [-0.2, -0.15) is 10.2 Å². The van der Waals surface area contributed by atoms with E-state index in [1.807, 2.05) is 0 Å². The summed E-state index contributed by atoms with van der Waals surface area (Å²) in [7, 11) is 1.54. The molecule has 0 aliphatic heterocycles. The molecule has 10 nitrogen and oxygen atoms in total. The van der Waals surface area contributed by atoms with Gasteiger partial charge in [0, 0.05) is 30.3 Å². The number of nitrogens with zero attached hydrogens (tertiary/aromatic N) is 5. The Morgan fingerprint density at radius 3 is 2.69 bits per heavy atom. The SMILES string of the molecule is COc1ccn2ncc(-c3nc4c(cc3F)c(NC(=O)c3ccccc3)nn4CCOC(C)=O)c2c1. The number of anilines is 1. The van der Waals surface area contributed by atoms with Crippen LogP contribution in [-0.2, 0) is 16.1 Å². The molecule has 0 aliphatic carbocycles. The minimum atomic E-state index is -0.616. The molecule has 5 aromatic rings. The number of benzene rings is 1. The summed E-state index contributed by atoms with van der Waals surface area (Å²) in [4.78, 5) is 28.6. The molecule has 182 valence electrons. The van der Waals surface area contributed by atoms with E-state index >= 15 is 4.39 Å². The predicted molar refractivity (Wildman–Crippen MR) is 129 cm³/mol. The van der Waals surface area contributed by atoms with Crippen LogP contribution in [-0.4, -0.2) is 50.0 Å². The van der Waals surface area contributed by atoms with E-state index in [4.69, 9.17) is 9.47 Å². The van der Waals surface area contributed by atoms with Gasteiger partial charge >= 0.3 is 5.97 Å². The van der Waals surface area contributed by atoms with Crippen LogP contribution in [0.2, 0.25) is 0 Å². The third kappa shape index (κ3) is 4.33. The van der Waals surface area contributed by atoms with Gasteiger partial charge in [0.1, 0.15) is 18.1 Å². The molecule has 5 rings (SSSR count). The Labute approximate surface area is 204 Å². The van der Waals surface area contributed by atoms with E-state index < -0.39 is 17.7 Å². The second kappa shape index (κ2) is 9.45. The lowest BCUT2D eigenvalue weighted by molar-refractivity contribution is -0.141. The minimum absolute atomic E-state index is 0.0283. The maximum Gasteiger partial charge on any atom is 0.302 e. The first kappa shape index (κ1) is 23.0. The number of nitrogens with one attached hydrogen (secondary N) is 1. The predicted octanol–water partition coefficient (Wildman–Crippen LogP) is 3.71. The number of amides is 1. The number of fused-ring (bicyclic) bond motifs is 2. The second-order valence-corrected chi connectivity index (χ2v) is 7.88. The Hall–Kier alpha value is -4.80. The fourth-order valence-corrected chi connectivity index (χ4v) is 3.83. The molecule has 0 saturated carbocycles. The van der Waals surface area contributed by atoms with E-state index in [1.165, 1.54) is 23.9 Å². The molecule has 0 spiro atoms. The highest BCUT2D eigenvalue weighted by molar-refractivity contribution is 6.07. The number of hydrogen-bond acceptors (Lipinski definition) is 7. The largest absolute Gasteiger partial charge is 0.497 e. The van der Waals surface area contributed by atoms with Gasteiger partial charge in [-0.3, -0.25) is 9.59 Å². The van der Waals surface area contributed by atoms with Crippen molar-refractivity contribution in [2.45, 2.75) is 13.5 Å². The fraction of sp³-hybridized carbons (Fsp3) is 0.160. The van der Waals surface area contributed by atoms with Crippen LogP contribution in [0, 0.1) is 5.82 Å². The number of pyridine rings is 2. The first-order chi connectivity index (χ1) is 17.4. The summed E-state index contributed by atoms with van der Waals surface area (Å²) in [5.41, 5.74) is 1.84. The normalized spacial score (nSPS) is 11.1. The maximum atomic E-state index is 15.5. The van der Waals surface area contributed by atoms with Crippen molar-refractivity contribution in [3.8, 4) is 17.0 Å². The van der Waals surface area contributed by atoms with E-state index in [9.17, 15) is 9.59 Å². The van der Waals surface area contributed by atoms with Crippen molar-refractivity contribution in [1.29, 1.82) is 0 Å². The highest BCUT2D eigenvalue weighted by Crippen LogP contribution is 2.32. The van der Waals surface area contributed by atoms with Gasteiger partial charge in [-0.1, -0.05) is 18.2 Å². The second-order valence-electron chi connectivity index (χ2n) is 7.88. The van der Waals surface area contributed by atoms with Gasteiger partial charge < -0.3 is 14.8 Å². The third-order valence-electron chi connectivity index (χ3n) is 5.54. The highest BCUT2D eigenvalue weighted by Gasteiger charge is 2.21. The first-order valence-corrected chi connectivity index (χ1v) is 11.0. The Bertz CT molecular complexity index is 1600.